The first-order valence-electron chi connectivity index (χ1n) is 11.1. The molecule has 0 aliphatic heterocycles. The van der Waals surface area contributed by atoms with Crippen molar-refractivity contribution in [2.45, 2.75) is 9.79 Å². The van der Waals surface area contributed by atoms with E-state index in [1.54, 1.807) is 42.5 Å². The van der Waals surface area contributed by atoms with Crippen molar-refractivity contribution in [1.29, 1.82) is 0 Å². The van der Waals surface area contributed by atoms with Gasteiger partial charge in [0.05, 0.1) is 15.5 Å². The first-order valence-corrected chi connectivity index (χ1v) is 14.8. The van der Waals surface area contributed by atoms with Gasteiger partial charge in [0.15, 0.2) is 0 Å². The first-order chi connectivity index (χ1) is 18.0. The molecule has 12 heteroatoms. The summed E-state index contributed by atoms with van der Waals surface area (Å²) in [5.74, 6) is -1.13. The Morgan fingerprint density at radius 2 is 1.32 bits per heavy atom. The minimum absolute atomic E-state index is 0.0268. The monoisotopic (exact) mass is 617 g/mol. The maximum absolute atomic E-state index is 13.4. The summed E-state index contributed by atoms with van der Waals surface area (Å²) in [5, 5.41) is 2.60. The van der Waals surface area contributed by atoms with Gasteiger partial charge >= 0.3 is 0 Å². The van der Waals surface area contributed by atoms with E-state index in [4.69, 9.17) is 0 Å². The zero-order valence-corrected chi connectivity index (χ0v) is 22.8. The van der Waals surface area contributed by atoms with Crippen LogP contribution in [0.25, 0.3) is 0 Å². The Bertz CT molecular complexity index is 1630. The molecule has 0 unspecified atom stereocenters. The summed E-state index contributed by atoms with van der Waals surface area (Å²) in [6, 6.07) is 24.4. The molecule has 4 aromatic rings. The molecule has 0 saturated carbocycles. The molecule has 0 aromatic heterocycles. The van der Waals surface area contributed by atoms with Crippen LogP contribution in [-0.4, -0.2) is 29.3 Å². The number of hydrogen-bond donors (Lipinski definition) is 2. The van der Waals surface area contributed by atoms with Gasteiger partial charge in [0, 0.05) is 15.8 Å². The van der Waals surface area contributed by atoms with E-state index in [0.29, 0.717) is 5.69 Å². The average molecular weight is 619 g/mol. The lowest BCUT2D eigenvalue weighted by molar-refractivity contribution is -0.114. The fourth-order valence-electron chi connectivity index (χ4n) is 3.42. The molecule has 0 atom stereocenters. The third-order valence-electron chi connectivity index (χ3n) is 5.28. The highest BCUT2D eigenvalue weighted by molar-refractivity contribution is 9.10. The van der Waals surface area contributed by atoms with Crippen LogP contribution in [0.2, 0.25) is 0 Å². The number of halogens is 2. The largest absolute Gasteiger partial charge is 0.325 e. The van der Waals surface area contributed by atoms with Crippen LogP contribution in [0.15, 0.2) is 117 Å². The van der Waals surface area contributed by atoms with Crippen LogP contribution in [0, 0.1) is 5.82 Å². The molecule has 0 bridgehead atoms. The zero-order chi connectivity index (χ0) is 27.3. The minimum atomic E-state index is -4.07. The van der Waals surface area contributed by atoms with Gasteiger partial charge in [-0.15, -0.1) is 0 Å². The van der Waals surface area contributed by atoms with Crippen LogP contribution in [0.3, 0.4) is 0 Å². The van der Waals surface area contributed by atoms with Crippen molar-refractivity contribution in [3.05, 3.63) is 113 Å². The van der Waals surface area contributed by atoms with Gasteiger partial charge in [-0.3, -0.25) is 13.8 Å². The summed E-state index contributed by atoms with van der Waals surface area (Å²) in [6.45, 7) is -0.523. The van der Waals surface area contributed by atoms with Crippen molar-refractivity contribution < 1.29 is 26.0 Å². The molecule has 38 heavy (non-hydrogen) atoms. The summed E-state index contributed by atoms with van der Waals surface area (Å²) < 4.78 is 69.1. The maximum atomic E-state index is 13.4. The molecular weight excluding hydrogens is 597 g/mol. The third-order valence-corrected chi connectivity index (χ3v) is 8.99. The van der Waals surface area contributed by atoms with Gasteiger partial charge in [-0.2, -0.15) is 0 Å². The van der Waals surface area contributed by atoms with Gasteiger partial charge < -0.3 is 5.32 Å². The van der Waals surface area contributed by atoms with Gasteiger partial charge in [0.2, 0.25) is 5.91 Å². The fourth-order valence-corrected chi connectivity index (χ4v) is 6.19. The summed E-state index contributed by atoms with van der Waals surface area (Å²) in [6.07, 6.45) is 0. The number of amides is 1. The molecule has 0 spiro atoms. The Kier molecular flexibility index (Phi) is 8.14. The van der Waals surface area contributed by atoms with E-state index >= 15 is 0 Å². The van der Waals surface area contributed by atoms with Crippen LogP contribution >= 0.6 is 15.9 Å². The highest BCUT2D eigenvalue weighted by atomic mass is 79.9. The molecule has 0 saturated heterocycles. The predicted octanol–water partition coefficient (Wildman–Crippen LogP) is 5.22. The Hall–Kier alpha value is -3.74. The molecule has 2 N–H and O–H groups in total. The molecular formula is C26H21BrFN3O5S2. The van der Waals surface area contributed by atoms with Crippen molar-refractivity contribution in [3.8, 4) is 0 Å². The number of benzene rings is 4. The van der Waals surface area contributed by atoms with Crippen molar-refractivity contribution in [3.63, 3.8) is 0 Å². The van der Waals surface area contributed by atoms with Crippen molar-refractivity contribution in [1.82, 2.24) is 0 Å². The molecule has 196 valence electrons. The van der Waals surface area contributed by atoms with Crippen LogP contribution in [-0.2, 0) is 24.8 Å². The van der Waals surface area contributed by atoms with Crippen LogP contribution < -0.4 is 14.3 Å². The molecule has 8 nitrogen and oxygen atoms in total. The molecule has 0 heterocycles. The number of sulfonamides is 2. The van der Waals surface area contributed by atoms with E-state index in [9.17, 15) is 26.0 Å². The molecule has 4 rings (SSSR count). The van der Waals surface area contributed by atoms with Crippen molar-refractivity contribution in [2.24, 2.45) is 0 Å². The topological polar surface area (TPSA) is 113 Å². The second kappa shape index (κ2) is 11.3. The second-order valence-electron chi connectivity index (χ2n) is 7.99. The summed E-state index contributed by atoms with van der Waals surface area (Å²) in [4.78, 5) is 12.9. The Balaban J connectivity index is 1.51. The third kappa shape index (κ3) is 6.57. The molecule has 0 aliphatic carbocycles. The Morgan fingerprint density at radius 3 is 1.92 bits per heavy atom. The van der Waals surface area contributed by atoms with Crippen LogP contribution in [0.1, 0.15) is 0 Å². The smallest absolute Gasteiger partial charge is 0.264 e. The number of nitrogens with zero attached hydrogens (tertiary/aromatic N) is 1. The van der Waals surface area contributed by atoms with Gasteiger partial charge in [-0.1, -0.05) is 34.1 Å². The normalized spacial score (nSPS) is 11.5. The van der Waals surface area contributed by atoms with Gasteiger partial charge in [0.1, 0.15) is 12.4 Å². The van der Waals surface area contributed by atoms with E-state index in [2.05, 4.69) is 26.0 Å². The SMILES string of the molecule is O=C(CN(c1ccc(Br)cc1)S(=O)(=O)c1ccccc1)Nc1ccc(S(=O)(=O)Nc2ccc(F)cc2)cc1. The van der Waals surface area contributed by atoms with Gasteiger partial charge in [-0.05, 0) is 84.9 Å². The lowest BCUT2D eigenvalue weighted by atomic mass is 10.3. The Labute approximate surface area is 228 Å². The van der Waals surface area contributed by atoms with Gasteiger partial charge in [-0.25, -0.2) is 21.2 Å². The molecule has 1 amide bonds. The van der Waals surface area contributed by atoms with E-state index in [1.807, 2.05) is 0 Å². The maximum Gasteiger partial charge on any atom is 0.264 e. The minimum Gasteiger partial charge on any atom is -0.325 e. The molecule has 0 radical (unpaired) electrons. The standard InChI is InChI=1S/C26H21BrFN3O5S2/c27-19-6-14-23(15-7-19)31(38(35,36)25-4-2-1-3-5-25)18-26(32)29-21-12-16-24(17-13-21)37(33,34)30-22-10-8-20(28)9-11-22/h1-17,30H,18H2,(H,29,32). The summed E-state index contributed by atoms with van der Waals surface area (Å²) >= 11 is 3.32. The second-order valence-corrected chi connectivity index (χ2v) is 12.4. The number of anilines is 3. The molecule has 0 aliphatic rings. The highest BCUT2D eigenvalue weighted by Crippen LogP contribution is 2.26. The number of hydrogen-bond acceptors (Lipinski definition) is 5. The molecule has 4 aromatic carbocycles. The van der Waals surface area contributed by atoms with E-state index in [0.717, 1.165) is 20.9 Å². The summed E-state index contributed by atoms with van der Waals surface area (Å²) in [7, 11) is -8.02. The number of nitrogens with one attached hydrogen (secondary N) is 2. The van der Waals surface area contributed by atoms with Crippen molar-refractivity contribution in [2.75, 3.05) is 20.9 Å². The number of carbonyl (C=O) groups is 1. The first kappa shape index (κ1) is 27.3. The summed E-state index contributed by atoms with van der Waals surface area (Å²) in [5.41, 5.74) is 0.751. The molecule has 0 fully saturated rings. The van der Waals surface area contributed by atoms with Crippen LogP contribution in [0.4, 0.5) is 21.5 Å². The van der Waals surface area contributed by atoms with E-state index in [-0.39, 0.29) is 21.2 Å². The fraction of sp³-hybridized carbons (Fsp3) is 0.0385. The zero-order valence-electron chi connectivity index (χ0n) is 19.6. The lowest BCUT2D eigenvalue weighted by Crippen LogP contribution is -2.38. The Morgan fingerprint density at radius 1 is 0.737 bits per heavy atom. The van der Waals surface area contributed by atoms with Crippen LogP contribution in [0.5, 0.6) is 0 Å². The van der Waals surface area contributed by atoms with Crippen molar-refractivity contribution >= 4 is 58.9 Å². The van der Waals surface area contributed by atoms with E-state index < -0.39 is 38.3 Å². The lowest BCUT2D eigenvalue weighted by Gasteiger charge is -2.24. The van der Waals surface area contributed by atoms with E-state index in [1.165, 1.54) is 48.5 Å². The van der Waals surface area contributed by atoms with Gasteiger partial charge in [0.25, 0.3) is 20.0 Å². The average Bonchev–Trinajstić information content (AvgIpc) is 2.90. The number of carbonyl (C=O) groups excluding carboxylic acids is 1. The highest BCUT2D eigenvalue weighted by Gasteiger charge is 2.27. The quantitative estimate of drug-likeness (QED) is 0.267. The predicted molar refractivity (Wildman–Crippen MR) is 147 cm³/mol. The number of rotatable bonds is 9.